The van der Waals surface area contributed by atoms with Crippen molar-refractivity contribution in [2.24, 2.45) is 11.8 Å². The molecule has 2 fully saturated rings. The summed E-state index contributed by atoms with van der Waals surface area (Å²) in [4.78, 5) is 28.0. The number of carbonyl (C=O) groups excluding carboxylic acids is 2. The summed E-state index contributed by atoms with van der Waals surface area (Å²) in [7, 11) is 3.21. The molecule has 5 rings (SSSR count). The van der Waals surface area contributed by atoms with Gasteiger partial charge in [0.2, 0.25) is 18.6 Å². The van der Waals surface area contributed by atoms with Crippen LogP contribution in [0.5, 0.6) is 23.0 Å². The Morgan fingerprint density at radius 3 is 2.61 bits per heavy atom. The molecular weight excluding hydrogens is 424 g/mol. The highest BCUT2D eigenvalue weighted by Crippen LogP contribution is 2.41. The summed E-state index contributed by atoms with van der Waals surface area (Å²) in [6, 6.07) is 11.3. The third kappa shape index (κ3) is 4.29. The number of hydrogen-bond donors (Lipinski definition) is 1. The molecule has 3 aliphatic rings. The van der Waals surface area contributed by atoms with Crippen LogP contribution in [0.15, 0.2) is 36.4 Å². The molecule has 0 bridgehead atoms. The van der Waals surface area contributed by atoms with Gasteiger partial charge >= 0.3 is 0 Å². The molecule has 2 heterocycles. The molecule has 174 valence electrons. The predicted octanol–water partition coefficient (Wildman–Crippen LogP) is 2.70. The normalized spacial score (nSPS) is 21.1. The molecule has 0 radical (unpaired) electrons. The Balaban J connectivity index is 1.35. The molecule has 2 amide bonds. The van der Waals surface area contributed by atoms with E-state index >= 15 is 0 Å². The van der Waals surface area contributed by atoms with Gasteiger partial charge in [-0.15, -0.1) is 0 Å². The van der Waals surface area contributed by atoms with Crippen LogP contribution in [0.25, 0.3) is 0 Å². The second kappa shape index (κ2) is 8.84. The average Bonchev–Trinajstić information content (AvgIpc) is 3.43. The number of fused-ring (bicyclic) bond motifs is 1. The maximum atomic E-state index is 13.3. The van der Waals surface area contributed by atoms with E-state index < -0.39 is 0 Å². The van der Waals surface area contributed by atoms with Gasteiger partial charge < -0.3 is 29.2 Å². The summed E-state index contributed by atoms with van der Waals surface area (Å²) in [6.45, 7) is 1.49. The second-order valence-electron chi connectivity index (χ2n) is 8.74. The largest absolute Gasteiger partial charge is 0.497 e. The third-order valence-corrected chi connectivity index (χ3v) is 6.64. The van der Waals surface area contributed by atoms with E-state index in [1.54, 1.807) is 14.2 Å². The first kappa shape index (κ1) is 21.4. The monoisotopic (exact) mass is 452 g/mol. The standard InChI is InChI=1S/C25H28N2O6/c1-30-17-6-7-18(22(10-17)31-2)19-12-27(25(29)16-4-5-16)13-20(19)24(28)26-11-15-3-8-21-23(9-15)33-14-32-21/h3,6-10,16,19-20H,4-5,11-14H2,1-2H3,(H,26,28)/t19-,20-/m0/s1. The van der Waals surface area contributed by atoms with Gasteiger partial charge in [0.15, 0.2) is 11.5 Å². The molecule has 2 atom stereocenters. The first-order valence-electron chi connectivity index (χ1n) is 11.2. The summed E-state index contributed by atoms with van der Waals surface area (Å²) in [5, 5.41) is 3.06. The summed E-state index contributed by atoms with van der Waals surface area (Å²) in [5.41, 5.74) is 1.84. The number of benzene rings is 2. The van der Waals surface area contributed by atoms with Crippen molar-refractivity contribution in [2.45, 2.75) is 25.3 Å². The molecular formula is C25H28N2O6. The van der Waals surface area contributed by atoms with Crippen LogP contribution in [-0.4, -0.2) is 50.8 Å². The zero-order valence-electron chi connectivity index (χ0n) is 18.8. The number of amides is 2. The summed E-state index contributed by atoms with van der Waals surface area (Å²) in [6.07, 6.45) is 1.87. The Labute approximate surface area is 192 Å². The van der Waals surface area contributed by atoms with Crippen molar-refractivity contribution in [1.82, 2.24) is 10.2 Å². The van der Waals surface area contributed by atoms with Gasteiger partial charge in [0, 0.05) is 43.1 Å². The Bertz CT molecular complexity index is 1070. The number of nitrogens with zero attached hydrogens (tertiary/aromatic N) is 1. The van der Waals surface area contributed by atoms with Crippen molar-refractivity contribution in [1.29, 1.82) is 0 Å². The quantitative estimate of drug-likeness (QED) is 0.695. The molecule has 33 heavy (non-hydrogen) atoms. The molecule has 2 aromatic rings. The molecule has 1 saturated heterocycles. The highest BCUT2D eigenvalue weighted by Gasteiger charge is 2.44. The van der Waals surface area contributed by atoms with Gasteiger partial charge in [0.1, 0.15) is 11.5 Å². The number of ether oxygens (including phenoxy) is 4. The van der Waals surface area contributed by atoms with Crippen LogP contribution in [0.4, 0.5) is 0 Å². The van der Waals surface area contributed by atoms with Gasteiger partial charge in [-0.25, -0.2) is 0 Å². The summed E-state index contributed by atoms with van der Waals surface area (Å²) < 4.78 is 21.7. The van der Waals surface area contributed by atoms with E-state index in [0.717, 1.165) is 24.0 Å². The van der Waals surface area contributed by atoms with Crippen LogP contribution in [0, 0.1) is 11.8 Å². The molecule has 1 aliphatic carbocycles. The zero-order valence-corrected chi connectivity index (χ0v) is 18.8. The number of nitrogens with one attached hydrogen (secondary N) is 1. The van der Waals surface area contributed by atoms with Gasteiger partial charge in [0.05, 0.1) is 20.1 Å². The van der Waals surface area contributed by atoms with E-state index in [0.29, 0.717) is 42.6 Å². The minimum atomic E-state index is -0.371. The van der Waals surface area contributed by atoms with Crippen LogP contribution in [0.3, 0.4) is 0 Å². The molecule has 1 saturated carbocycles. The first-order chi connectivity index (χ1) is 16.1. The Morgan fingerprint density at radius 1 is 1.03 bits per heavy atom. The topological polar surface area (TPSA) is 86.3 Å². The third-order valence-electron chi connectivity index (χ3n) is 6.64. The van der Waals surface area contributed by atoms with Gasteiger partial charge in [-0.1, -0.05) is 12.1 Å². The van der Waals surface area contributed by atoms with Gasteiger partial charge in [0.25, 0.3) is 0 Å². The molecule has 0 spiro atoms. The predicted molar refractivity (Wildman–Crippen MR) is 119 cm³/mol. The van der Waals surface area contributed by atoms with Crippen molar-refractivity contribution in [3.05, 3.63) is 47.5 Å². The number of rotatable bonds is 7. The SMILES string of the molecule is COc1ccc([C@@H]2CN(C(=O)C3CC3)C[C@@H]2C(=O)NCc2ccc3c(c2)OCO3)c(OC)c1. The lowest BCUT2D eigenvalue weighted by Crippen LogP contribution is -2.35. The van der Waals surface area contributed by atoms with Gasteiger partial charge in [-0.05, 0) is 36.6 Å². The zero-order chi connectivity index (χ0) is 22.9. The lowest BCUT2D eigenvalue weighted by molar-refractivity contribution is -0.132. The number of hydrogen-bond acceptors (Lipinski definition) is 6. The Hall–Kier alpha value is -3.42. The molecule has 2 aliphatic heterocycles. The fraction of sp³-hybridized carbons (Fsp3) is 0.440. The molecule has 8 heteroatoms. The van der Waals surface area contributed by atoms with Crippen LogP contribution in [0.1, 0.15) is 29.9 Å². The van der Waals surface area contributed by atoms with E-state index in [-0.39, 0.29) is 36.4 Å². The minimum absolute atomic E-state index is 0.0818. The van der Waals surface area contributed by atoms with E-state index in [9.17, 15) is 9.59 Å². The number of likely N-dealkylation sites (tertiary alicyclic amines) is 1. The van der Waals surface area contributed by atoms with Crippen molar-refractivity contribution >= 4 is 11.8 Å². The Morgan fingerprint density at radius 2 is 1.85 bits per heavy atom. The van der Waals surface area contributed by atoms with E-state index in [2.05, 4.69) is 5.32 Å². The smallest absolute Gasteiger partial charge is 0.231 e. The van der Waals surface area contributed by atoms with Crippen molar-refractivity contribution in [3.63, 3.8) is 0 Å². The first-order valence-corrected chi connectivity index (χ1v) is 11.2. The van der Waals surface area contributed by atoms with Crippen molar-refractivity contribution in [2.75, 3.05) is 34.1 Å². The molecule has 2 aromatic carbocycles. The summed E-state index contributed by atoms with van der Waals surface area (Å²) >= 11 is 0. The average molecular weight is 453 g/mol. The lowest BCUT2D eigenvalue weighted by atomic mass is 9.87. The van der Waals surface area contributed by atoms with Crippen molar-refractivity contribution in [3.8, 4) is 23.0 Å². The van der Waals surface area contributed by atoms with E-state index in [4.69, 9.17) is 18.9 Å². The van der Waals surface area contributed by atoms with Crippen molar-refractivity contribution < 1.29 is 28.5 Å². The van der Waals surface area contributed by atoms with Crippen LogP contribution in [0.2, 0.25) is 0 Å². The fourth-order valence-corrected chi connectivity index (χ4v) is 4.65. The molecule has 0 unspecified atom stereocenters. The highest BCUT2D eigenvalue weighted by atomic mass is 16.7. The fourth-order valence-electron chi connectivity index (χ4n) is 4.65. The molecule has 0 aromatic heterocycles. The molecule has 1 N–H and O–H groups in total. The van der Waals surface area contributed by atoms with E-state index in [1.807, 2.05) is 41.3 Å². The van der Waals surface area contributed by atoms with Crippen LogP contribution < -0.4 is 24.3 Å². The number of methoxy groups -OCH3 is 2. The highest BCUT2D eigenvalue weighted by molar-refractivity contribution is 5.85. The number of carbonyl (C=O) groups is 2. The second-order valence-corrected chi connectivity index (χ2v) is 8.74. The van der Waals surface area contributed by atoms with E-state index in [1.165, 1.54) is 0 Å². The summed E-state index contributed by atoms with van der Waals surface area (Å²) in [5.74, 6) is 2.39. The maximum absolute atomic E-state index is 13.3. The lowest BCUT2D eigenvalue weighted by Gasteiger charge is -2.21. The minimum Gasteiger partial charge on any atom is -0.497 e. The molecule has 8 nitrogen and oxygen atoms in total. The maximum Gasteiger partial charge on any atom is 0.231 e. The van der Waals surface area contributed by atoms with Gasteiger partial charge in [-0.2, -0.15) is 0 Å². The van der Waals surface area contributed by atoms with Gasteiger partial charge in [-0.3, -0.25) is 9.59 Å². The van der Waals surface area contributed by atoms with Crippen LogP contribution >= 0.6 is 0 Å². The van der Waals surface area contributed by atoms with Crippen LogP contribution in [-0.2, 0) is 16.1 Å². The Kier molecular flexibility index (Phi) is 5.74.